The van der Waals surface area contributed by atoms with Crippen LogP contribution in [0.15, 0.2) is 83.5 Å². The molecule has 0 bridgehead atoms. The molecule has 0 saturated heterocycles. The predicted molar refractivity (Wildman–Crippen MR) is 158 cm³/mol. The molecule has 9 heteroatoms. The summed E-state index contributed by atoms with van der Waals surface area (Å²) in [5, 5.41) is 17.1. The summed E-state index contributed by atoms with van der Waals surface area (Å²) in [6, 6.07) is 19.5. The van der Waals surface area contributed by atoms with Gasteiger partial charge in [0.15, 0.2) is 6.10 Å². The zero-order valence-corrected chi connectivity index (χ0v) is 23.9. The maximum Gasteiger partial charge on any atom is 0.254 e. The van der Waals surface area contributed by atoms with Gasteiger partial charge in [0.2, 0.25) is 11.8 Å². The molecule has 0 aliphatic carbocycles. The van der Waals surface area contributed by atoms with Crippen LogP contribution in [0.25, 0.3) is 6.08 Å². The monoisotopic (exact) mass is 563 g/mol. The topological polar surface area (TPSA) is 112 Å². The number of carbonyl (C=O) groups is 3. The molecule has 1 heterocycles. The first-order valence-corrected chi connectivity index (χ1v) is 14.2. The van der Waals surface area contributed by atoms with Gasteiger partial charge in [0.1, 0.15) is 12.3 Å². The van der Waals surface area contributed by atoms with Crippen LogP contribution in [0.4, 0.5) is 0 Å². The lowest BCUT2D eigenvalue weighted by atomic mass is 10.00. The smallest absolute Gasteiger partial charge is 0.254 e. The van der Waals surface area contributed by atoms with Crippen LogP contribution >= 0.6 is 11.8 Å². The van der Waals surface area contributed by atoms with Crippen LogP contribution in [0.2, 0.25) is 0 Å². The van der Waals surface area contributed by atoms with E-state index in [9.17, 15) is 19.5 Å². The summed E-state index contributed by atoms with van der Waals surface area (Å²) in [5.41, 5.74) is 2.88. The fraction of sp³-hybridized carbons (Fsp3) is 0.323. The van der Waals surface area contributed by atoms with Crippen LogP contribution in [0.5, 0.6) is 0 Å². The number of furan rings is 1. The molecule has 0 radical (unpaired) electrons. The number of rotatable bonds is 14. The highest BCUT2D eigenvalue weighted by Gasteiger charge is 2.32. The number of thioether (sulfide) groups is 1. The van der Waals surface area contributed by atoms with Crippen LogP contribution < -0.4 is 10.6 Å². The van der Waals surface area contributed by atoms with Crippen molar-refractivity contribution in [1.82, 2.24) is 15.5 Å². The number of aliphatic hydroxyl groups is 1. The van der Waals surface area contributed by atoms with Crippen LogP contribution in [-0.2, 0) is 27.3 Å². The molecule has 212 valence electrons. The highest BCUT2D eigenvalue weighted by atomic mass is 32.2. The van der Waals surface area contributed by atoms with Gasteiger partial charge in [-0.3, -0.25) is 14.4 Å². The molecule has 8 nitrogen and oxygen atoms in total. The molecule has 3 amide bonds. The third-order valence-electron chi connectivity index (χ3n) is 6.15. The second-order valence-electron chi connectivity index (χ2n) is 9.68. The van der Waals surface area contributed by atoms with Crippen molar-refractivity contribution in [2.24, 2.45) is 0 Å². The summed E-state index contributed by atoms with van der Waals surface area (Å²) >= 11 is 1.49. The quantitative estimate of drug-likeness (QED) is 0.202. The van der Waals surface area contributed by atoms with E-state index < -0.39 is 24.0 Å². The van der Waals surface area contributed by atoms with Gasteiger partial charge in [-0.1, -0.05) is 68.4 Å². The van der Waals surface area contributed by atoms with E-state index in [4.69, 9.17) is 4.42 Å². The number of benzene rings is 2. The van der Waals surface area contributed by atoms with Gasteiger partial charge in [0, 0.05) is 17.9 Å². The van der Waals surface area contributed by atoms with Gasteiger partial charge in [0.25, 0.3) is 5.91 Å². The van der Waals surface area contributed by atoms with Crippen molar-refractivity contribution < 1.29 is 23.9 Å². The molecule has 0 spiro atoms. The van der Waals surface area contributed by atoms with Gasteiger partial charge >= 0.3 is 0 Å². The molecular weight excluding hydrogens is 526 g/mol. The number of hydrogen-bond acceptors (Lipinski definition) is 6. The first-order valence-electron chi connectivity index (χ1n) is 13.2. The van der Waals surface area contributed by atoms with Gasteiger partial charge in [-0.2, -0.15) is 0 Å². The molecule has 3 N–H and O–H groups in total. The number of hydrogen-bond donors (Lipinski definition) is 3. The number of nitrogens with zero attached hydrogens (tertiary/aromatic N) is 1. The molecule has 2 atom stereocenters. The molecule has 2 aromatic carbocycles. The Balaban J connectivity index is 1.73. The molecule has 40 heavy (non-hydrogen) atoms. The summed E-state index contributed by atoms with van der Waals surface area (Å²) in [5.74, 6) is -0.729. The predicted octanol–water partition coefficient (Wildman–Crippen LogP) is 3.93. The number of aryl methyl sites for hydroxylation is 1. The maximum absolute atomic E-state index is 13.6. The highest BCUT2D eigenvalue weighted by Crippen LogP contribution is 2.15. The third-order valence-corrected chi connectivity index (χ3v) is 7.28. The summed E-state index contributed by atoms with van der Waals surface area (Å²) in [6.45, 7) is 6.07. The first kappa shape index (κ1) is 30.7. The van der Waals surface area contributed by atoms with Gasteiger partial charge in [-0.25, -0.2) is 0 Å². The van der Waals surface area contributed by atoms with Crippen molar-refractivity contribution in [2.75, 3.05) is 12.4 Å². The van der Waals surface area contributed by atoms with Crippen molar-refractivity contribution in [2.45, 2.75) is 51.1 Å². The van der Waals surface area contributed by atoms with Crippen LogP contribution in [-0.4, -0.2) is 57.5 Å². The van der Waals surface area contributed by atoms with E-state index in [0.29, 0.717) is 12.3 Å². The van der Waals surface area contributed by atoms with E-state index in [1.54, 1.807) is 12.1 Å². The van der Waals surface area contributed by atoms with E-state index in [1.165, 1.54) is 35.1 Å². The second-order valence-corrected chi connectivity index (χ2v) is 11.2. The molecule has 1 aromatic heterocycles. The number of amides is 3. The minimum Gasteiger partial charge on any atom is -0.465 e. The van der Waals surface area contributed by atoms with Crippen LogP contribution in [0.1, 0.15) is 36.3 Å². The van der Waals surface area contributed by atoms with E-state index in [2.05, 4.69) is 10.6 Å². The van der Waals surface area contributed by atoms with E-state index in [0.717, 1.165) is 16.7 Å². The molecule has 0 aliphatic rings. The van der Waals surface area contributed by atoms with Gasteiger partial charge in [-0.05, 0) is 48.2 Å². The minimum atomic E-state index is -1.57. The average Bonchev–Trinajstić information content (AvgIpc) is 3.47. The number of aliphatic hydroxyl groups excluding tert-OH is 1. The van der Waals surface area contributed by atoms with Crippen LogP contribution in [0.3, 0.4) is 0 Å². The average molecular weight is 564 g/mol. The molecule has 0 saturated carbocycles. The lowest BCUT2D eigenvalue weighted by Crippen LogP contribution is -2.54. The highest BCUT2D eigenvalue weighted by molar-refractivity contribution is 7.99. The summed E-state index contributed by atoms with van der Waals surface area (Å²) in [7, 11) is 0. The maximum atomic E-state index is 13.6. The summed E-state index contributed by atoms with van der Waals surface area (Å²) in [6.07, 6.45) is 2.95. The van der Waals surface area contributed by atoms with Crippen molar-refractivity contribution in [3.05, 3.63) is 102 Å². The van der Waals surface area contributed by atoms with Crippen molar-refractivity contribution in [1.29, 1.82) is 0 Å². The molecular formula is C31H37N3O5S. The van der Waals surface area contributed by atoms with Crippen molar-refractivity contribution in [3.8, 4) is 0 Å². The zero-order valence-electron chi connectivity index (χ0n) is 23.1. The van der Waals surface area contributed by atoms with Crippen LogP contribution in [0, 0.1) is 6.92 Å². The minimum absolute atomic E-state index is 0.203. The SMILES string of the molecule is Cc1ccccc1CNC(=O)CN(CSC(C)C)C(=O)[C@@H](O)[C@H](Cc1ccccc1)NC(=O)C=Cc1ccco1. The molecule has 0 fully saturated rings. The van der Waals surface area contributed by atoms with E-state index in [1.807, 2.05) is 75.4 Å². The summed E-state index contributed by atoms with van der Waals surface area (Å²) in [4.78, 5) is 40.5. The first-order chi connectivity index (χ1) is 19.2. The van der Waals surface area contributed by atoms with Crippen molar-refractivity contribution in [3.63, 3.8) is 0 Å². The third kappa shape index (κ3) is 10.1. The molecule has 3 rings (SSSR count). The second kappa shape index (κ2) is 15.7. The Morgan fingerprint density at radius 1 is 1.02 bits per heavy atom. The molecule has 3 aromatic rings. The number of carbonyl (C=O) groups excluding carboxylic acids is 3. The lowest BCUT2D eigenvalue weighted by Gasteiger charge is -2.29. The molecule has 0 unspecified atom stereocenters. The Morgan fingerprint density at radius 3 is 2.42 bits per heavy atom. The zero-order chi connectivity index (χ0) is 28.9. The Morgan fingerprint density at radius 2 is 1.75 bits per heavy atom. The normalized spacial score (nSPS) is 12.7. The fourth-order valence-corrected chi connectivity index (χ4v) is 4.60. The van der Waals surface area contributed by atoms with E-state index in [-0.39, 0.29) is 30.0 Å². The lowest BCUT2D eigenvalue weighted by molar-refractivity contribution is -0.144. The Bertz CT molecular complexity index is 1260. The van der Waals surface area contributed by atoms with Gasteiger partial charge < -0.3 is 25.1 Å². The Kier molecular flexibility index (Phi) is 12.0. The standard InChI is InChI=1S/C31H37N3O5S/c1-22(2)40-21-34(20-29(36)32-19-25-13-8-7-10-23(25)3)31(38)30(37)27(18-24-11-5-4-6-12-24)33-28(35)16-15-26-14-9-17-39-26/h4-17,22,27,30,37H,18-21H2,1-3H3,(H,32,36)(H,33,35)/t27-,30-/m0/s1. The Labute approximate surface area is 239 Å². The molecule has 0 aliphatic heterocycles. The summed E-state index contributed by atoms with van der Waals surface area (Å²) < 4.78 is 5.22. The van der Waals surface area contributed by atoms with Crippen molar-refractivity contribution >= 4 is 35.6 Å². The van der Waals surface area contributed by atoms with Gasteiger partial charge in [-0.15, -0.1) is 11.8 Å². The van der Waals surface area contributed by atoms with Gasteiger partial charge in [0.05, 0.1) is 18.2 Å². The fourth-order valence-electron chi connectivity index (χ4n) is 3.90. The largest absolute Gasteiger partial charge is 0.465 e. The van der Waals surface area contributed by atoms with E-state index >= 15 is 0 Å². The Hall–Kier alpha value is -3.82. The number of nitrogens with one attached hydrogen (secondary N) is 2.